The first-order chi connectivity index (χ1) is 16.6. The predicted octanol–water partition coefficient (Wildman–Crippen LogP) is 5.83. The molecule has 2 aromatic rings. The summed E-state index contributed by atoms with van der Waals surface area (Å²) in [5, 5.41) is 9.40. The molecule has 0 radical (unpaired) electrons. The molecule has 0 bridgehead atoms. The van der Waals surface area contributed by atoms with Gasteiger partial charge >= 0.3 is 5.97 Å². The highest BCUT2D eigenvalue weighted by Gasteiger charge is 2.41. The Kier molecular flexibility index (Phi) is 8.42. The fourth-order valence-electron chi connectivity index (χ4n) is 4.35. The van der Waals surface area contributed by atoms with Gasteiger partial charge in [-0.15, -0.1) is 0 Å². The average Bonchev–Trinajstić information content (AvgIpc) is 2.82. The lowest BCUT2D eigenvalue weighted by molar-refractivity contribution is -0.139. The van der Waals surface area contributed by atoms with E-state index in [1.165, 1.54) is 7.11 Å². The maximum Gasteiger partial charge on any atom is 0.336 e. The zero-order valence-electron chi connectivity index (χ0n) is 20.1. The van der Waals surface area contributed by atoms with Crippen LogP contribution in [-0.4, -0.2) is 41.6 Å². The molecule has 0 fully saturated rings. The number of halogens is 3. The highest BCUT2D eigenvalue weighted by Crippen LogP contribution is 2.51. The van der Waals surface area contributed by atoms with Gasteiger partial charge in [-0.25, -0.2) is 9.78 Å². The normalized spacial score (nSPS) is 15.4. The molecule has 1 aromatic heterocycles. The van der Waals surface area contributed by atoms with Crippen molar-refractivity contribution in [2.24, 2.45) is 0 Å². The van der Waals surface area contributed by atoms with Crippen LogP contribution in [0.1, 0.15) is 48.9 Å². The number of anilines is 1. The van der Waals surface area contributed by atoms with Crippen LogP contribution < -0.4 is 14.4 Å². The number of rotatable bonds is 7. The number of hydrogen-bond donors (Lipinski definition) is 0. The molecule has 2 heterocycles. The summed E-state index contributed by atoms with van der Waals surface area (Å²) in [6.07, 6.45) is 1.75. The van der Waals surface area contributed by atoms with E-state index in [9.17, 15) is 10.1 Å². The van der Waals surface area contributed by atoms with E-state index in [4.69, 9.17) is 49.0 Å². The van der Waals surface area contributed by atoms with Crippen molar-refractivity contribution in [1.82, 2.24) is 4.98 Å². The minimum Gasteiger partial charge on any atom is -0.496 e. The predicted molar refractivity (Wildman–Crippen MR) is 137 cm³/mol. The van der Waals surface area contributed by atoms with Crippen LogP contribution in [0, 0.1) is 18.3 Å². The molecule has 0 saturated carbocycles. The van der Waals surface area contributed by atoms with Crippen molar-refractivity contribution in [3.63, 3.8) is 0 Å². The number of nitrogens with zero attached hydrogens (tertiary/aromatic N) is 3. The molecule has 0 aliphatic carbocycles. The van der Waals surface area contributed by atoms with E-state index in [1.54, 1.807) is 24.4 Å². The Hall–Kier alpha value is -2.66. The lowest BCUT2D eigenvalue weighted by Crippen LogP contribution is -2.34. The van der Waals surface area contributed by atoms with Crippen molar-refractivity contribution in [2.75, 3.05) is 31.8 Å². The van der Waals surface area contributed by atoms with Gasteiger partial charge in [0.1, 0.15) is 12.4 Å². The minimum atomic E-state index is -1.77. The van der Waals surface area contributed by atoms with Crippen LogP contribution in [0.25, 0.3) is 0 Å². The molecule has 1 aromatic carbocycles. The number of methoxy groups -OCH3 is 1. The number of fused-ring (bicyclic) bond motifs is 1. The summed E-state index contributed by atoms with van der Waals surface area (Å²) in [5.41, 5.74) is 4.59. The molecule has 35 heavy (non-hydrogen) atoms. The molecule has 1 atom stereocenters. The van der Waals surface area contributed by atoms with Gasteiger partial charge in [0.05, 0.1) is 48.1 Å². The number of carbonyl (C=O) groups is 1. The molecule has 7 nitrogen and oxygen atoms in total. The molecule has 0 spiro atoms. The molecule has 0 saturated heterocycles. The molecular formula is C25H26Cl3N3O4. The summed E-state index contributed by atoms with van der Waals surface area (Å²) < 4.78 is 15.3. The molecule has 0 amide bonds. The van der Waals surface area contributed by atoms with E-state index >= 15 is 0 Å². The van der Waals surface area contributed by atoms with Gasteiger partial charge in [0, 0.05) is 24.0 Å². The van der Waals surface area contributed by atoms with Crippen molar-refractivity contribution >= 4 is 46.5 Å². The SMILES string of the molecule is CCOc1ncc(C)c2c1C(c1ccc(C#N)cc1OC)C(C(=O)OCC(Cl)(Cl)Cl)=C(C)N2CC. The number of hydrogen-bond acceptors (Lipinski definition) is 7. The maximum absolute atomic E-state index is 13.5. The van der Waals surface area contributed by atoms with Crippen molar-refractivity contribution in [2.45, 2.75) is 37.4 Å². The van der Waals surface area contributed by atoms with Crippen LogP contribution >= 0.6 is 34.8 Å². The number of ether oxygens (including phenoxy) is 3. The maximum atomic E-state index is 13.5. The van der Waals surface area contributed by atoms with Gasteiger partial charge in [-0.1, -0.05) is 40.9 Å². The summed E-state index contributed by atoms with van der Waals surface area (Å²) >= 11 is 17.6. The standard InChI is InChI=1S/C25H26Cl3N3O4/c1-6-31-15(4)19(24(32)35-13-25(26,27)28)20(17-9-8-16(11-29)10-18(17)33-5)21-22(31)14(3)12-30-23(21)34-7-2/h8-10,12,20H,6-7,13H2,1-5H3. The van der Waals surface area contributed by atoms with Gasteiger partial charge in [-0.3, -0.25) is 0 Å². The zero-order valence-corrected chi connectivity index (χ0v) is 22.4. The highest BCUT2D eigenvalue weighted by atomic mass is 35.6. The lowest BCUT2D eigenvalue weighted by Gasteiger charge is -2.39. The van der Waals surface area contributed by atoms with Gasteiger partial charge in [0.15, 0.2) is 0 Å². The van der Waals surface area contributed by atoms with Crippen LogP contribution in [0.15, 0.2) is 35.7 Å². The largest absolute Gasteiger partial charge is 0.496 e. The average molecular weight is 539 g/mol. The van der Waals surface area contributed by atoms with Gasteiger partial charge < -0.3 is 19.1 Å². The molecule has 10 heteroatoms. The van der Waals surface area contributed by atoms with Crippen molar-refractivity contribution in [1.29, 1.82) is 5.26 Å². The van der Waals surface area contributed by atoms with E-state index < -0.39 is 22.3 Å². The first-order valence-corrected chi connectivity index (χ1v) is 12.1. The van der Waals surface area contributed by atoms with E-state index in [0.29, 0.717) is 52.7 Å². The number of esters is 1. The van der Waals surface area contributed by atoms with Crippen LogP contribution in [0.2, 0.25) is 0 Å². The van der Waals surface area contributed by atoms with E-state index in [-0.39, 0.29) is 0 Å². The lowest BCUT2D eigenvalue weighted by atomic mass is 9.79. The first-order valence-electron chi connectivity index (χ1n) is 11.0. The van der Waals surface area contributed by atoms with Gasteiger partial charge in [-0.2, -0.15) is 5.26 Å². The minimum absolute atomic E-state index is 0.338. The van der Waals surface area contributed by atoms with Crippen molar-refractivity contribution < 1.29 is 19.0 Å². The number of alkyl halides is 3. The first kappa shape index (κ1) is 26.9. The van der Waals surface area contributed by atoms with Crippen LogP contribution in [-0.2, 0) is 9.53 Å². The van der Waals surface area contributed by atoms with Crippen LogP contribution in [0.4, 0.5) is 5.69 Å². The Bertz CT molecular complexity index is 1200. The monoisotopic (exact) mass is 537 g/mol. The van der Waals surface area contributed by atoms with Crippen molar-refractivity contribution in [3.8, 4) is 17.7 Å². The van der Waals surface area contributed by atoms with Crippen LogP contribution in [0.5, 0.6) is 11.6 Å². The Morgan fingerprint density at radius 2 is 1.97 bits per heavy atom. The summed E-state index contributed by atoms with van der Waals surface area (Å²) in [6, 6.07) is 7.18. The molecule has 0 N–H and O–H groups in total. The van der Waals surface area contributed by atoms with Crippen molar-refractivity contribution in [3.05, 3.63) is 57.9 Å². The number of pyridine rings is 1. The second kappa shape index (κ2) is 10.9. The van der Waals surface area contributed by atoms with Gasteiger partial charge in [0.25, 0.3) is 0 Å². The third-order valence-electron chi connectivity index (χ3n) is 5.73. The van der Waals surface area contributed by atoms with E-state index in [2.05, 4.69) is 11.1 Å². The Morgan fingerprint density at radius 3 is 2.54 bits per heavy atom. The van der Waals surface area contributed by atoms with E-state index in [0.717, 1.165) is 11.3 Å². The quantitative estimate of drug-likeness (QED) is 0.324. The number of carbonyl (C=O) groups excluding carboxylic acids is 1. The zero-order chi connectivity index (χ0) is 25.9. The van der Waals surface area contributed by atoms with Gasteiger partial charge in [0.2, 0.25) is 9.67 Å². The van der Waals surface area contributed by atoms with Crippen LogP contribution in [0.3, 0.4) is 0 Å². The molecule has 3 rings (SSSR count). The number of nitriles is 1. The second-order valence-electron chi connectivity index (χ2n) is 7.88. The second-order valence-corrected chi connectivity index (χ2v) is 10.4. The molecule has 1 aliphatic rings. The number of aromatic nitrogens is 1. The fourth-order valence-corrected chi connectivity index (χ4v) is 4.52. The van der Waals surface area contributed by atoms with Gasteiger partial charge in [-0.05, 0) is 45.4 Å². The fraction of sp³-hybridized carbons (Fsp3) is 0.400. The summed E-state index contributed by atoms with van der Waals surface area (Å²) in [4.78, 5) is 20.1. The molecule has 1 aliphatic heterocycles. The third kappa shape index (κ3) is 5.45. The smallest absolute Gasteiger partial charge is 0.336 e. The summed E-state index contributed by atoms with van der Waals surface area (Å²) in [5.74, 6) is -0.485. The third-order valence-corrected chi connectivity index (χ3v) is 6.06. The molecule has 1 unspecified atom stereocenters. The topological polar surface area (TPSA) is 84.7 Å². The number of allylic oxidation sites excluding steroid dienone is 1. The molecular weight excluding hydrogens is 513 g/mol. The summed E-state index contributed by atoms with van der Waals surface area (Å²) in [7, 11) is 1.51. The summed E-state index contributed by atoms with van der Waals surface area (Å²) in [6.45, 7) is 8.19. The Morgan fingerprint density at radius 1 is 1.26 bits per heavy atom. The molecule has 186 valence electrons. The number of aryl methyl sites for hydroxylation is 1. The highest BCUT2D eigenvalue weighted by molar-refractivity contribution is 6.67. The number of benzene rings is 1. The van der Waals surface area contributed by atoms with E-state index in [1.807, 2.05) is 32.6 Å². The Balaban J connectivity index is 2.37. The Labute approximate surface area is 220 Å².